The van der Waals surface area contributed by atoms with Gasteiger partial charge in [0.2, 0.25) is 0 Å². The van der Waals surface area contributed by atoms with Crippen molar-refractivity contribution in [2.75, 3.05) is 22.9 Å². The van der Waals surface area contributed by atoms with Crippen molar-refractivity contribution in [1.29, 1.82) is 0 Å². The first-order valence-corrected chi connectivity index (χ1v) is 9.98. The minimum Gasteiger partial charge on any atom is -0.393 e. The Balaban J connectivity index is 1.49. The zero-order valence-electron chi connectivity index (χ0n) is 16.6. The molecule has 30 heavy (non-hydrogen) atoms. The Labute approximate surface area is 176 Å². The van der Waals surface area contributed by atoms with E-state index in [1.807, 2.05) is 53.5 Å². The average Bonchev–Trinajstić information content (AvgIpc) is 3.32. The molecule has 0 aliphatic rings. The number of rotatable bonds is 9. The van der Waals surface area contributed by atoms with Gasteiger partial charge >= 0.3 is 0 Å². The number of nitrogens with two attached hydrogens (primary N) is 1. The molecule has 0 amide bonds. The molecule has 0 aliphatic carbocycles. The maximum Gasteiger partial charge on any atom is 0.155 e. The molecule has 2 aromatic carbocycles. The topological polar surface area (TPSA) is 93.7 Å². The summed E-state index contributed by atoms with van der Waals surface area (Å²) in [5.41, 5.74) is 9.18. The lowest BCUT2D eigenvalue weighted by Crippen LogP contribution is -2.16. The predicted molar refractivity (Wildman–Crippen MR) is 120 cm³/mol. The summed E-state index contributed by atoms with van der Waals surface area (Å²) in [6.45, 7) is 1.63. The normalized spacial score (nSPS) is 10.8. The van der Waals surface area contributed by atoms with E-state index in [0.717, 1.165) is 30.6 Å². The third-order valence-electron chi connectivity index (χ3n) is 4.88. The lowest BCUT2D eigenvalue weighted by atomic mass is 9.99. The number of nitrogens with one attached hydrogen (secondary N) is 2. The molecule has 0 saturated carbocycles. The quantitative estimate of drug-likeness (QED) is 0.369. The van der Waals surface area contributed by atoms with Crippen LogP contribution in [0.1, 0.15) is 23.6 Å². The highest BCUT2D eigenvalue weighted by molar-refractivity contribution is 5.74. The van der Waals surface area contributed by atoms with Crippen molar-refractivity contribution in [2.24, 2.45) is 0 Å². The maximum absolute atomic E-state index is 6.40. The van der Waals surface area contributed by atoms with Crippen LogP contribution in [0.25, 0.3) is 0 Å². The molecule has 0 radical (unpaired) electrons. The largest absolute Gasteiger partial charge is 0.393 e. The van der Waals surface area contributed by atoms with E-state index in [1.54, 1.807) is 6.20 Å². The predicted octanol–water partition coefficient (Wildman–Crippen LogP) is 3.96. The number of benzene rings is 2. The smallest absolute Gasteiger partial charge is 0.155 e. The Bertz CT molecular complexity index is 994. The van der Waals surface area contributed by atoms with Crippen LogP contribution in [0.4, 0.5) is 17.3 Å². The van der Waals surface area contributed by atoms with E-state index in [-0.39, 0.29) is 6.04 Å². The molecular weight excluding hydrogens is 374 g/mol. The Morgan fingerprint density at radius 2 is 1.57 bits per heavy atom. The van der Waals surface area contributed by atoms with Crippen molar-refractivity contribution >= 4 is 17.3 Å². The van der Waals surface area contributed by atoms with E-state index in [2.05, 4.69) is 49.9 Å². The highest BCUT2D eigenvalue weighted by atomic mass is 15.1. The minimum atomic E-state index is -0.0707. The van der Waals surface area contributed by atoms with Crippen molar-refractivity contribution in [3.63, 3.8) is 0 Å². The highest BCUT2D eigenvalue weighted by Gasteiger charge is 2.17. The Hall–Kier alpha value is -3.87. The summed E-state index contributed by atoms with van der Waals surface area (Å²) < 4.78 is 2.04. The van der Waals surface area contributed by atoms with Crippen LogP contribution in [0.5, 0.6) is 0 Å². The molecule has 152 valence electrons. The van der Waals surface area contributed by atoms with Gasteiger partial charge in [-0.2, -0.15) is 0 Å². The SMILES string of the molecule is Nc1c(NCCCn2ccnc2)ncnc1NC(c1ccccc1)c1ccccc1. The van der Waals surface area contributed by atoms with Gasteiger partial charge in [-0.15, -0.1) is 0 Å². The number of anilines is 3. The number of aromatic nitrogens is 4. The fraction of sp³-hybridized carbons (Fsp3) is 0.174. The molecule has 7 heteroatoms. The van der Waals surface area contributed by atoms with Crippen LogP contribution in [-0.4, -0.2) is 26.1 Å². The minimum absolute atomic E-state index is 0.0707. The van der Waals surface area contributed by atoms with Crippen molar-refractivity contribution in [2.45, 2.75) is 19.0 Å². The molecule has 0 saturated heterocycles. The average molecular weight is 400 g/mol. The van der Waals surface area contributed by atoms with Gasteiger partial charge < -0.3 is 20.9 Å². The molecule has 0 bridgehead atoms. The molecule has 0 aliphatic heterocycles. The van der Waals surface area contributed by atoms with E-state index in [4.69, 9.17) is 5.73 Å². The summed E-state index contributed by atoms with van der Waals surface area (Å²) >= 11 is 0. The van der Waals surface area contributed by atoms with E-state index in [9.17, 15) is 0 Å². The first-order valence-electron chi connectivity index (χ1n) is 9.98. The summed E-state index contributed by atoms with van der Waals surface area (Å²) in [4.78, 5) is 12.8. The van der Waals surface area contributed by atoms with E-state index < -0.39 is 0 Å². The first kappa shape index (κ1) is 19.4. The van der Waals surface area contributed by atoms with Gasteiger partial charge in [-0.05, 0) is 17.5 Å². The zero-order chi connectivity index (χ0) is 20.6. The third kappa shape index (κ3) is 4.75. The lowest BCUT2D eigenvalue weighted by Gasteiger charge is -2.22. The summed E-state index contributed by atoms with van der Waals surface area (Å²) in [5, 5.41) is 6.82. The molecule has 7 nitrogen and oxygen atoms in total. The number of aryl methyl sites for hydroxylation is 1. The monoisotopic (exact) mass is 399 g/mol. The number of nitrogens with zero attached hydrogens (tertiary/aromatic N) is 4. The zero-order valence-corrected chi connectivity index (χ0v) is 16.6. The van der Waals surface area contributed by atoms with Crippen LogP contribution in [-0.2, 0) is 6.54 Å². The molecule has 4 N–H and O–H groups in total. The van der Waals surface area contributed by atoms with Crippen LogP contribution < -0.4 is 16.4 Å². The Morgan fingerprint density at radius 1 is 0.900 bits per heavy atom. The van der Waals surface area contributed by atoms with Gasteiger partial charge in [-0.3, -0.25) is 0 Å². The van der Waals surface area contributed by atoms with E-state index in [1.165, 1.54) is 6.33 Å². The number of hydrogen-bond acceptors (Lipinski definition) is 6. The fourth-order valence-corrected chi connectivity index (χ4v) is 3.33. The summed E-state index contributed by atoms with van der Waals surface area (Å²) in [5.74, 6) is 1.25. The molecule has 4 aromatic rings. The van der Waals surface area contributed by atoms with Gasteiger partial charge in [0.05, 0.1) is 12.4 Å². The highest BCUT2D eigenvalue weighted by Crippen LogP contribution is 2.30. The number of imidazole rings is 1. The van der Waals surface area contributed by atoms with E-state index >= 15 is 0 Å². The van der Waals surface area contributed by atoms with Crippen molar-refractivity contribution in [3.8, 4) is 0 Å². The Kier molecular flexibility index (Phi) is 6.19. The van der Waals surface area contributed by atoms with Crippen LogP contribution in [0.2, 0.25) is 0 Å². The van der Waals surface area contributed by atoms with E-state index in [0.29, 0.717) is 17.3 Å². The molecule has 0 spiro atoms. The van der Waals surface area contributed by atoms with Crippen LogP contribution in [0, 0.1) is 0 Å². The first-order chi connectivity index (χ1) is 14.8. The second kappa shape index (κ2) is 9.56. The maximum atomic E-state index is 6.40. The van der Waals surface area contributed by atoms with Crippen molar-refractivity contribution in [3.05, 3.63) is 96.8 Å². The fourth-order valence-electron chi connectivity index (χ4n) is 3.33. The van der Waals surface area contributed by atoms with Gasteiger partial charge in [-0.25, -0.2) is 15.0 Å². The lowest BCUT2D eigenvalue weighted by molar-refractivity contribution is 0.660. The summed E-state index contributed by atoms with van der Waals surface area (Å²) in [7, 11) is 0. The Morgan fingerprint density at radius 3 is 2.20 bits per heavy atom. The standard InChI is InChI=1S/C23H25N7/c24-20-22(26-12-7-14-30-15-13-25-17-30)27-16-28-23(20)29-21(18-8-3-1-4-9-18)19-10-5-2-6-11-19/h1-6,8-11,13,15-17,21H,7,12,14,24H2,(H2,26,27,28,29). The number of hydrogen-bond donors (Lipinski definition) is 3. The second-order valence-electron chi connectivity index (χ2n) is 6.96. The molecule has 2 heterocycles. The molecule has 0 fully saturated rings. The van der Waals surface area contributed by atoms with Gasteiger partial charge in [0.25, 0.3) is 0 Å². The molecule has 2 aromatic heterocycles. The second-order valence-corrected chi connectivity index (χ2v) is 6.96. The summed E-state index contributed by atoms with van der Waals surface area (Å²) in [6.07, 6.45) is 8.01. The van der Waals surface area contributed by atoms with Crippen LogP contribution in [0.3, 0.4) is 0 Å². The van der Waals surface area contributed by atoms with Crippen LogP contribution >= 0.6 is 0 Å². The van der Waals surface area contributed by atoms with Crippen molar-refractivity contribution < 1.29 is 0 Å². The van der Waals surface area contributed by atoms with Crippen molar-refractivity contribution in [1.82, 2.24) is 19.5 Å². The molecule has 0 unspecified atom stereocenters. The van der Waals surface area contributed by atoms with Gasteiger partial charge in [0, 0.05) is 25.5 Å². The van der Waals surface area contributed by atoms with Gasteiger partial charge in [-0.1, -0.05) is 60.7 Å². The molecule has 0 atom stereocenters. The molecule has 4 rings (SSSR count). The molecular formula is C23H25N7. The van der Waals surface area contributed by atoms with Crippen LogP contribution in [0.15, 0.2) is 85.7 Å². The van der Waals surface area contributed by atoms with Gasteiger partial charge in [0.15, 0.2) is 11.6 Å². The van der Waals surface area contributed by atoms with Gasteiger partial charge in [0.1, 0.15) is 12.0 Å². The third-order valence-corrected chi connectivity index (χ3v) is 4.88. The number of nitrogen functional groups attached to an aromatic ring is 1. The summed E-state index contributed by atoms with van der Waals surface area (Å²) in [6, 6.07) is 20.5.